The fourth-order valence-electron chi connectivity index (χ4n) is 2.96. The molecular formula is C23H26N2O5S. The molecule has 7 nitrogen and oxygen atoms in total. The van der Waals surface area contributed by atoms with Crippen LogP contribution in [-0.4, -0.2) is 35.1 Å². The summed E-state index contributed by atoms with van der Waals surface area (Å²) in [4.78, 5) is 16.6. The normalized spacial score (nSPS) is 11.7. The van der Waals surface area contributed by atoms with Gasteiger partial charge in [-0.05, 0) is 37.6 Å². The molecule has 1 N–H and O–H groups in total. The number of aryl methyl sites for hydroxylation is 2. The number of benzene rings is 2. The second-order valence-corrected chi connectivity index (χ2v) is 8.54. The molecule has 0 unspecified atom stereocenters. The van der Waals surface area contributed by atoms with Crippen molar-refractivity contribution in [3.8, 4) is 23.0 Å². The van der Waals surface area contributed by atoms with E-state index in [1.807, 2.05) is 37.3 Å². The molecule has 0 spiro atoms. The van der Waals surface area contributed by atoms with E-state index >= 15 is 0 Å². The number of carbonyl (C=O) groups is 1. The molecule has 2 aromatic carbocycles. The van der Waals surface area contributed by atoms with Crippen LogP contribution in [0.3, 0.4) is 0 Å². The van der Waals surface area contributed by atoms with Crippen molar-refractivity contribution in [2.24, 2.45) is 0 Å². The molecule has 3 rings (SSSR count). The molecule has 164 valence electrons. The SMILES string of the molecule is COc1ccc(-c2nc(C[S@](=O)CC(=O)NCc3ccc(C)cc3)c(C)o2)cc1OC. The Labute approximate surface area is 184 Å². The summed E-state index contributed by atoms with van der Waals surface area (Å²) in [5.41, 5.74) is 3.44. The first-order valence-corrected chi connectivity index (χ1v) is 11.2. The van der Waals surface area contributed by atoms with Crippen molar-refractivity contribution in [3.05, 3.63) is 65.0 Å². The first-order chi connectivity index (χ1) is 14.9. The Morgan fingerprint density at radius 1 is 1.06 bits per heavy atom. The van der Waals surface area contributed by atoms with Crippen molar-refractivity contribution in [2.75, 3.05) is 20.0 Å². The van der Waals surface area contributed by atoms with Gasteiger partial charge in [-0.2, -0.15) is 0 Å². The molecule has 31 heavy (non-hydrogen) atoms. The van der Waals surface area contributed by atoms with Crippen molar-refractivity contribution in [1.82, 2.24) is 10.3 Å². The van der Waals surface area contributed by atoms with E-state index in [9.17, 15) is 9.00 Å². The predicted octanol–water partition coefficient (Wildman–Crippen LogP) is 3.54. The molecule has 1 amide bonds. The molecule has 0 radical (unpaired) electrons. The van der Waals surface area contributed by atoms with E-state index < -0.39 is 10.8 Å². The summed E-state index contributed by atoms with van der Waals surface area (Å²) in [5, 5.41) is 2.80. The Bertz CT molecular complexity index is 1080. The monoisotopic (exact) mass is 442 g/mol. The van der Waals surface area contributed by atoms with Crippen LogP contribution < -0.4 is 14.8 Å². The summed E-state index contributed by atoms with van der Waals surface area (Å²) in [6, 6.07) is 13.2. The van der Waals surface area contributed by atoms with Crippen LogP contribution in [-0.2, 0) is 27.9 Å². The summed E-state index contributed by atoms with van der Waals surface area (Å²) in [6.07, 6.45) is 0. The molecule has 0 aliphatic rings. The third-order valence-electron chi connectivity index (χ3n) is 4.72. The van der Waals surface area contributed by atoms with Gasteiger partial charge in [-0.25, -0.2) is 4.98 Å². The van der Waals surface area contributed by atoms with Crippen LogP contribution in [0.5, 0.6) is 11.5 Å². The van der Waals surface area contributed by atoms with Crippen LogP contribution in [0.1, 0.15) is 22.6 Å². The Morgan fingerprint density at radius 2 is 1.77 bits per heavy atom. The number of hydrogen-bond donors (Lipinski definition) is 1. The van der Waals surface area contributed by atoms with Crippen LogP contribution in [0.4, 0.5) is 0 Å². The second-order valence-electron chi connectivity index (χ2n) is 7.08. The van der Waals surface area contributed by atoms with Crippen LogP contribution in [0, 0.1) is 13.8 Å². The fraction of sp³-hybridized carbons (Fsp3) is 0.304. The van der Waals surface area contributed by atoms with Crippen molar-refractivity contribution < 1.29 is 22.9 Å². The summed E-state index contributed by atoms with van der Waals surface area (Å²) in [6.45, 7) is 4.18. The van der Waals surface area contributed by atoms with Gasteiger partial charge in [0.15, 0.2) is 11.5 Å². The van der Waals surface area contributed by atoms with Gasteiger partial charge in [-0.3, -0.25) is 9.00 Å². The van der Waals surface area contributed by atoms with E-state index in [-0.39, 0.29) is 17.4 Å². The van der Waals surface area contributed by atoms with Gasteiger partial charge >= 0.3 is 0 Å². The van der Waals surface area contributed by atoms with Crippen molar-refractivity contribution >= 4 is 16.7 Å². The maximum absolute atomic E-state index is 12.5. The lowest BCUT2D eigenvalue weighted by Gasteiger charge is -2.07. The van der Waals surface area contributed by atoms with Crippen molar-refractivity contribution in [1.29, 1.82) is 0 Å². The number of nitrogens with zero attached hydrogens (tertiary/aromatic N) is 1. The molecular weight excluding hydrogens is 416 g/mol. The molecule has 1 atom stereocenters. The van der Waals surface area contributed by atoms with Crippen LogP contribution >= 0.6 is 0 Å². The van der Waals surface area contributed by atoms with Gasteiger partial charge in [0.25, 0.3) is 0 Å². The highest BCUT2D eigenvalue weighted by molar-refractivity contribution is 7.84. The highest BCUT2D eigenvalue weighted by Crippen LogP contribution is 2.32. The number of oxazole rings is 1. The lowest BCUT2D eigenvalue weighted by atomic mass is 10.1. The van der Waals surface area contributed by atoms with E-state index in [0.29, 0.717) is 41.0 Å². The third-order valence-corrected chi connectivity index (χ3v) is 5.90. The summed E-state index contributed by atoms with van der Waals surface area (Å²) >= 11 is 0. The average Bonchev–Trinajstić information content (AvgIpc) is 3.12. The Balaban J connectivity index is 1.60. The van der Waals surface area contributed by atoms with Crippen molar-refractivity contribution in [2.45, 2.75) is 26.1 Å². The average molecular weight is 443 g/mol. The van der Waals surface area contributed by atoms with Crippen LogP contribution in [0.15, 0.2) is 46.9 Å². The quantitative estimate of drug-likeness (QED) is 0.545. The number of nitrogens with one attached hydrogen (secondary N) is 1. The lowest BCUT2D eigenvalue weighted by Crippen LogP contribution is -2.28. The standard InChI is InChI=1S/C23H26N2O5S/c1-15-5-7-17(8-6-15)12-24-22(26)14-31(27)13-19-16(2)30-23(25-19)18-9-10-20(28-3)21(11-18)29-4/h5-11H,12-14H2,1-4H3,(H,24,26)/t31-/m0/s1. The number of aromatic nitrogens is 1. The minimum absolute atomic E-state index is 0.0934. The summed E-state index contributed by atoms with van der Waals surface area (Å²) in [5.74, 6) is 1.91. The van der Waals surface area contributed by atoms with E-state index in [0.717, 1.165) is 11.1 Å². The molecule has 0 aliphatic carbocycles. The highest BCUT2D eigenvalue weighted by atomic mass is 32.2. The predicted molar refractivity (Wildman–Crippen MR) is 120 cm³/mol. The smallest absolute Gasteiger partial charge is 0.232 e. The number of ether oxygens (including phenoxy) is 2. The number of amides is 1. The third kappa shape index (κ3) is 5.95. The minimum atomic E-state index is -1.41. The molecule has 8 heteroatoms. The Morgan fingerprint density at radius 3 is 2.45 bits per heavy atom. The lowest BCUT2D eigenvalue weighted by molar-refractivity contribution is -0.118. The fourth-order valence-corrected chi connectivity index (χ4v) is 4.03. The van der Waals surface area contributed by atoms with Gasteiger partial charge < -0.3 is 19.2 Å². The summed E-state index contributed by atoms with van der Waals surface area (Å²) < 4.78 is 28.8. The maximum Gasteiger partial charge on any atom is 0.232 e. The van der Waals surface area contributed by atoms with Gasteiger partial charge in [0.05, 0.1) is 25.7 Å². The molecule has 1 heterocycles. The van der Waals surface area contributed by atoms with E-state index in [1.165, 1.54) is 0 Å². The van der Waals surface area contributed by atoms with Gasteiger partial charge in [0.1, 0.15) is 11.5 Å². The van der Waals surface area contributed by atoms with Gasteiger partial charge in [0.2, 0.25) is 11.8 Å². The molecule has 0 bridgehead atoms. The molecule has 0 aliphatic heterocycles. The van der Waals surface area contributed by atoms with Gasteiger partial charge in [-0.1, -0.05) is 29.8 Å². The van der Waals surface area contributed by atoms with Gasteiger partial charge in [-0.15, -0.1) is 0 Å². The molecule has 1 aromatic heterocycles. The zero-order chi connectivity index (χ0) is 22.4. The maximum atomic E-state index is 12.5. The minimum Gasteiger partial charge on any atom is -0.493 e. The highest BCUT2D eigenvalue weighted by Gasteiger charge is 2.17. The number of rotatable bonds is 9. The van der Waals surface area contributed by atoms with Crippen LogP contribution in [0.2, 0.25) is 0 Å². The Hall–Kier alpha value is -3.13. The first-order valence-electron chi connectivity index (χ1n) is 9.75. The number of carbonyl (C=O) groups excluding carboxylic acids is 1. The van der Waals surface area contributed by atoms with Crippen molar-refractivity contribution in [3.63, 3.8) is 0 Å². The topological polar surface area (TPSA) is 90.7 Å². The largest absolute Gasteiger partial charge is 0.493 e. The molecule has 0 saturated carbocycles. The number of methoxy groups -OCH3 is 2. The van der Waals surface area contributed by atoms with E-state index in [1.54, 1.807) is 33.3 Å². The van der Waals surface area contributed by atoms with Crippen LogP contribution in [0.25, 0.3) is 11.5 Å². The Kier molecular flexibility index (Phi) is 7.46. The zero-order valence-corrected chi connectivity index (χ0v) is 18.9. The summed E-state index contributed by atoms with van der Waals surface area (Å²) in [7, 11) is 1.72. The van der Waals surface area contributed by atoms with Gasteiger partial charge in [0, 0.05) is 22.9 Å². The molecule has 3 aromatic rings. The van der Waals surface area contributed by atoms with E-state index in [4.69, 9.17) is 13.9 Å². The zero-order valence-electron chi connectivity index (χ0n) is 18.1. The number of hydrogen-bond acceptors (Lipinski definition) is 6. The molecule has 0 fully saturated rings. The first kappa shape index (κ1) is 22.6. The second kappa shape index (κ2) is 10.3. The molecule has 0 saturated heterocycles. The van der Waals surface area contributed by atoms with E-state index in [2.05, 4.69) is 10.3 Å².